The third-order valence-corrected chi connectivity index (χ3v) is 5.05. The Labute approximate surface area is 123 Å². The van der Waals surface area contributed by atoms with E-state index in [1.807, 2.05) is 30.3 Å². The van der Waals surface area contributed by atoms with Crippen molar-refractivity contribution >= 4 is 10.1 Å². The molecule has 2 rings (SSSR count). The van der Waals surface area contributed by atoms with Gasteiger partial charge in [0.1, 0.15) is 0 Å². The van der Waals surface area contributed by atoms with Gasteiger partial charge in [-0.1, -0.05) is 35.4 Å². The monoisotopic (exact) mass is 311 g/mol. The van der Waals surface area contributed by atoms with Gasteiger partial charge in [0.15, 0.2) is 0 Å². The number of ether oxygens (including phenoxy) is 1. The predicted molar refractivity (Wildman–Crippen MR) is 77.1 cm³/mol. The molecule has 0 bridgehead atoms. The SMILES string of the molecule is [N-]=[N+]=NC1CCC(COCc2ccccc2)C1S(=O)(=O)O. The Morgan fingerprint density at radius 1 is 1.33 bits per heavy atom. The molecule has 1 aliphatic rings. The van der Waals surface area contributed by atoms with Crippen molar-refractivity contribution in [2.45, 2.75) is 30.7 Å². The van der Waals surface area contributed by atoms with Crippen LogP contribution in [0.4, 0.5) is 0 Å². The van der Waals surface area contributed by atoms with Crippen LogP contribution in [0, 0.1) is 5.92 Å². The van der Waals surface area contributed by atoms with Crippen LogP contribution in [0.3, 0.4) is 0 Å². The largest absolute Gasteiger partial charge is 0.376 e. The van der Waals surface area contributed by atoms with Gasteiger partial charge < -0.3 is 4.74 Å². The van der Waals surface area contributed by atoms with Gasteiger partial charge >= 0.3 is 0 Å². The van der Waals surface area contributed by atoms with Crippen molar-refractivity contribution < 1.29 is 17.7 Å². The van der Waals surface area contributed by atoms with Crippen molar-refractivity contribution in [1.82, 2.24) is 0 Å². The number of hydrogen-bond acceptors (Lipinski definition) is 4. The predicted octanol–water partition coefficient (Wildman–Crippen LogP) is 2.55. The van der Waals surface area contributed by atoms with E-state index < -0.39 is 21.4 Å². The molecule has 1 aliphatic carbocycles. The fourth-order valence-electron chi connectivity index (χ4n) is 2.74. The minimum Gasteiger partial charge on any atom is -0.376 e. The van der Waals surface area contributed by atoms with E-state index in [2.05, 4.69) is 10.0 Å². The first kappa shape index (κ1) is 15.8. The topological polar surface area (TPSA) is 112 Å². The second-order valence-electron chi connectivity index (χ2n) is 5.09. The quantitative estimate of drug-likeness (QED) is 0.376. The summed E-state index contributed by atoms with van der Waals surface area (Å²) in [5.41, 5.74) is 9.46. The van der Waals surface area contributed by atoms with Gasteiger partial charge in [-0.3, -0.25) is 4.55 Å². The van der Waals surface area contributed by atoms with E-state index in [-0.39, 0.29) is 12.5 Å². The maximum absolute atomic E-state index is 11.5. The summed E-state index contributed by atoms with van der Waals surface area (Å²) in [4.78, 5) is 2.65. The van der Waals surface area contributed by atoms with Crippen LogP contribution >= 0.6 is 0 Å². The van der Waals surface area contributed by atoms with E-state index in [1.165, 1.54) is 0 Å². The van der Waals surface area contributed by atoms with Crippen molar-refractivity contribution in [2.75, 3.05) is 6.61 Å². The molecule has 7 nitrogen and oxygen atoms in total. The number of benzene rings is 1. The van der Waals surface area contributed by atoms with Gasteiger partial charge in [-0.25, -0.2) is 0 Å². The first-order chi connectivity index (χ1) is 10.0. The highest BCUT2D eigenvalue weighted by Crippen LogP contribution is 2.33. The zero-order chi connectivity index (χ0) is 15.3. The Bertz CT molecular complexity index is 614. The highest BCUT2D eigenvalue weighted by Gasteiger charge is 2.43. The van der Waals surface area contributed by atoms with Crippen LogP contribution in [0.5, 0.6) is 0 Å². The van der Waals surface area contributed by atoms with Crippen molar-refractivity contribution in [3.63, 3.8) is 0 Å². The Morgan fingerprint density at radius 3 is 2.67 bits per heavy atom. The molecule has 0 saturated heterocycles. The summed E-state index contributed by atoms with van der Waals surface area (Å²) < 4.78 is 37.8. The van der Waals surface area contributed by atoms with E-state index in [9.17, 15) is 13.0 Å². The molecule has 0 aliphatic heterocycles. The lowest BCUT2D eigenvalue weighted by molar-refractivity contribution is 0.0885. The van der Waals surface area contributed by atoms with Crippen LogP contribution in [0.2, 0.25) is 0 Å². The molecule has 8 heteroatoms. The van der Waals surface area contributed by atoms with Crippen LogP contribution in [0.15, 0.2) is 35.4 Å². The maximum Gasteiger partial charge on any atom is 0.268 e. The molecule has 3 atom stereocenters. The van der Waals surface area contributed by atoms with Crippen LogP contribution in [-0.4, -0.2) is 30.9 Å². The van der Waals surface area contributed by atoms with E-state index in [1.54, 1.807) is 0 Å². The van der Waals surface area contributed by atoms with Crippen molar-refractivity contribution in [3.05, 3.63) is 46.3 Å². The third-order valence-electron chi connectivity index (χ3n) is 3.66. The molecule has 0 amide bonds. The highest BCUT2D eigenvalue weighted by molar-refractivity contribution is 7.86. The molecule has 3 unspecified atom stereocenters. The molecule has 21 heavy (non-hydrogen) atoms. The number of rotatable bonds is 6. The summed E-state index contributed by atoms with van der Waals surface area (Å²) in [6, 6.07) is 8.80. The van der Waals surface area contributed by atoms with Crippen LogP contribution in [0.25, 0.3) is 10.4 Å². The molecule has 0 radical (unpaired) electrons. The van der Waals surface area contributed by atoms with Crippen LogP contribution in [0.1, 0.15) is 18.4 Å². The molecule has 0 spiro atoms. The van der Waals surface area contributed by atoms with Gasteiger partial charge in [0.05, 0.1) is 24.5 Å². The van der Waals surface area contributed by atoms with Gasteiger partial charge in [-0.05, 0) is 23.9 Å². The minimum absolute atomic E-state index is 0.205. The summed E-state index contributed by atoms with van der Waals surface area (Å²) >= 11 is 0. The molecule has 1 aromatic rings. The Kier molecular flexibility index (Phi) is 5.19. The van der Waals surface area contributed by atoms with Gasteiger partial charge in [-0.15, -0.1) is 0 Å². The summed E-state index contributed by atoms with van der Waals surface area (Å²) in [6.45, 7) is 0.582. The van der Waals surface area contributed by atoms with E-state index in [0.717, 1.165) is 5.56 Å². The number of hydrogen-bond donors (Lipinski definition) is 1. The standard InChI is InChI=1S/C13H17N3O4S/c14-16-15-12-7-6-11(13(12)21(17,18)19)9-20-8-10-4-2-1-3-5-10/h1-5,11-13H,6-9H2,(H,17,18,19). The number of azide groups is 1. The lowest BCUT2D eigenvalue weighted by atomic mass is 10.1. The Hall–Kier alpha value is -1.60. The van der Waals surface area contributed by atoms with E-state index in [0.29, 0.717) is 19.4 Å². The van der Waals surface area contributed by atoms with Gasteiger partial charge in [0.25, 0.3) is 10.1 Å². The summed E-state index contributed by atoms with van der Waals surface area (Å²) in [5.74, 6) is -0.362. The second kappa shape index (κ2) is 6.91. The fourth-order valence-corrected chi connectivity index (χ4v) is 4.03. The molecule has 1 saturated carbocycles. The average molecular weight is 311 g/mol. The maximum atomic E-state index is 11.5. The summed E-state index contributed by atoms with van der Waals surface area (Å²) in [5, 5.41) is 2.39. The Morgan fingerprint density at radius 2 is 2.05 bits per heavy atom. The smallest absolute Gasteiger partial charge is 0.268 e. The van der Waals surface area contributed by atoms with Gasteiger partial charge in [0.2, 0.25) is 0 Å². The first-order valence-electron chi connectivity index (χ1n) is 6.64. The normalized spacial score (nSPS) is 25.5. The van der Waals surface area contributed by atoms with E-state index >= 15 is 0 Å². The first-order valence-corrected chi connectivity index (χ1v) is 8.15. The molecule has 0 aromatic heterocycles. The Balaban J connectivity index is 1.97. The van der Waals surface area contributed by atoms with Crippen LogP contribution in [-0.2, 0) is 21.5 Å². The van der Waals surface area contributed by atoms with E-state index in [4.69, 9.17) is 10.3 Å². The lowest BCUT2D eigenvalue weighted by Crippen LogP contribution is -2.35. The molecule has 114 valence electrons. The molecular weight excluding hydrogens is 294 g/mol. The molecule has 1 N–H and O–H groups in total. The fraction of sp³-hybridized carbons (Fsp3) is 0.538. The third kappa shape index (κ3) is 4.18. The molecule has 0 heterocycles. The summed E-state index contributed by atoms with van der Waals surface area (Å²) in [6.07, 6.45) is 0.983. The lowest BCUT2D eigenvalue weighted by Gasteiger charge is -2.19. The van der Waals surface area contributed by atoms with Crippen molar-refractivity contribution in [2.24, 2.45) is 11.0 Å². The average Bonchev–Trinajstić information content (AvgIpc) is 2.83. The molecule has 1 fully saturated rings. The zero-order valence-electron chi connectivity index (χ0n) is 11.4. The van der Waals surface area contributed by atoms with Crippen molar-refractivity contribution in [3.8, 4) is 0 Å². The van der Waals surface area contributed by atoms with Gasteiger partial charge in [0, 0.05) is 10.8 Å². The number of nitrogens with zero attached hydrogens (tertiary/aromatic N) is 3. The second-order valence-corrected chi connectivity index (χ2v) is 6.66. The molecular formula is C13H17N3O4S. The van der Waals surface area contributed by atoms with Gasteiger partial charge in [-0.2, -0.15) is 8.42 Å². The van der Waals surface area contributed by atoms with Crippen molar-refractivity contribution in [1.29, 1.82) is 0 Å². The highest BCUT2D eigenvalue weighted by atomic mass is 32.2. The molecule has 1 aromatic carbocycles. The zero-order valence-corrected chi connectivity index (χ0v) is 12.2. The summed E-state index contributed by atoms with van der Waals surface area (Å²) in [7, 11) is -4.26. The van der Waals surface area contributed by atoms with Crippen LogP contribution < -0.4 is 0 Å². The minimum atomic E-state index is -4.26.